The molecule has 0 radical (unpaired) electrons. The Bertz CT molecular complexity index is 235. The van der Waals surface area contributed by atoms with Crippen molar-refractivity contribution >= 4 is 5.88 Å². The molecule has 0 fully saturated rings. The van der Waals surface area contributed by atoms with Gasteiger partial charge in [0.15, 0.2) is 4.54 Å². The molecule has 0 aliphatic heterocycles. The Kier molecular flexibility index (Phi) is 0.831. The van der Waals surface area contributed by atoms with Crippen molar-refractivity contribution in [2.75, 3.05) is 5.73 Å². The van der Waals surface area contributed by atoms with Gasteiger partial charge in [0.2, 0.25) is 0 Å². The average molecular weight is 116 g/mol. The van der Waals surface area contributed by atoms with Gasteiger partial charge in [-0.1, -0.05) is 0 Å². The van der Waals surface area contributed by atoms with E-state index in [1.807, 2.05) is 5.27 Å². The standard InChI is InChI=1S/C3H6N3O2/c1-2-3(4)8-5-6(2)7/h4H2,1H3,(H,5,7)/q+1. The summed E-state index contributed by atoms with van der Waals surface area (Å²) in [4.78, 5) is 10.3. The van der Waals surface area contributed by atoms with Gasteiger partial charge in [-0.25, -0.2) is 0 Å². The number of hydrogen-bond donors (Lipinski definition) is 2. The molecule has 3 N–H and O–H groups in total. The van der Waals surface area contributed by atoms with Crippen LogP contribution in [0, 0.1) is 11.8 Å². The predicted octanol–water partition coefficient (Wildman–Crippen LogP) is -0.587. The molecule has 0 bridgehead atoms. The lowest BCUT2D eigenvalue weighted by atomic mass is 10.5. The molecule has 1 heterocycles. The predicted molar refractivity (Wildman–Crippen MR) is 25.6 cm³/mol. The summed E-state index contributed by atoms with van der Waals surface area (Å²) >= 11 is 0. The first-order valence-corrected chi connectivity index (χ1v) is 2.08. The normalized spacial score (nSPS) is 9.62. The van der Waals surface area contributed by atoms with Crippen molar-refractivity contribution in [2.45, 2.75) is 6.92 Å². The number of aromatic nitrogens is 2. The Morgan fingerprint density at radius 1 is 1.88 bits per heavy atom. The maximum atomic E-state index is 10.3. The van der Waals surface area contributed by atoms with E-state index in [9.17, 15) is 4.91 Å². The van der Waals surface area contributed by atoms with Crippen LogP contribution in [-0.2, 0) is 0 Å². The van der Waals surface area contributed by atoms with E-state index in [1.54, 1.807) is 6.92 Å². The molecule has 1 rings (SSSR count). The molecule has 0 amide bonds. The zero-order chi connectivity index (χ0) is 6.15. The smallest absolute Gasteiger partial charge is 0.331 e. The maximum Gasteiger partial charge on any atom is 0.331 e. The number of nitrogens with zero attached hydrogens (tertiary/aromatic N) is 1. The summed E-state index contributed by atoms with van der Waals surface area (Å²) in [5, 5.41) is 2.00. The number of hydrogen-bond acceptors (Lipinski definition) is 3. The second kappa shape index (κ2) is 1.36. The van der Waals surface area contributed by atoms with Crippen molar-refractivity contribution in [1.82, 2.24) is 5.27 Å². The summed E-state index contributed by atoms with van der Waals surface area (Å²) in [6, 6.07) is 0. The molecular formula is C3H6N3O2+. The summed E-state index contributed by atoms with van der Waals surface area (Å²) in [5.41, 5.74) is 5.47. The highest BCUT2D eigenvalue weighted by Crippen LogP contribution is 1.97. The van der Waals surface area contributed by atoms with Crippen LogP contribution in [0.4, 0.5) is 5.88 Å². The molecule has 5 nitrogen and oxygen atoms in total. The van der Waals surface area contributed by atoms with Crippen LogP contribution in [0.2, 0.25) is 0 Å². The first kappa shape index (κ1) is 4.89. The van der Waals surface area contributed by atoms with Crippen LogP contribution in [0.25, 0.3) is 0 Å². The molecule has 0 aliphatic rings. The highest BCUT2D eigenvalue weighted by Gasteiger charge is 2.10. The number of rotatable bonds is 0. The van der Waals surface area contributed by atoms with Crippen LogP contribution in [0.5, 0.6) is 0 Å². The topological polar surface area (TPSA) is 77.9 Å². The van der Waals surface area contributed by atoms with Gasteiger partial charge in [-0.05, 0) is 0 Å². The number of nitrogens with two attached hydrogens (primary N) is 1. The van der Waals surface area contributed by atoms with Gasteiger partial charge in [-0.2, -0.15) is 0 Å². The van der Waals surface area contributed by atoms with Crippen molar-refractivity contribution in [1.29, 1.82) is 0 Å². The molecule has 8 heavy (non-hydrogen) atoms. The third kappa shape index (κ3) is 0.481. The second-order valence-electron chi connectivity index (χ2n) is 1.44. The Morgan fingerprint density at radius 3 is 2.62 bits per heavy atom. The summed E-state index contributed by atoms with van der Waals surface area (Å²) in [7, 11) is 0. The average Bonchev–Trinajstić information content (AvgIpc) is 1.98. The van der Waals surface area contributed by atoms with Gasteiger partial charge in [-0.3, -0.25) is 0 Å². The van der Waals surface area contributed by atoms with Gasteiger partial charge < -0.3 is 10.3 Å². The summed E-state index contributed by atoms with van der Waals surface area (Å²) in [6.07, 6.45) is 0. The monoisotopic (exact) mass is 116 g/mol. The van der Waals surface area contributed by atoms with Crippen molar-refractivity contribution in [2.24, 2.45) is 0 Å². The van der Waals surface area contributed by atoms with Crippen molar-refractivity contribution < 1.29 is 9.06 Å². The Morgan fingerprint density at radius 2 is 2.50 bits per heavy atom. The second-order valence-corrected chi connectivity index (χ2v) is 1.44. The lowest BCUT2D eigenvalue weighted by Crippen LogP contribution is -2.17. The van der Waals surface area contributed by atoms with Crippen molar-refractivity contribution in [3.63, 3.8) is 0 Å². The van der Waals surface area contributed by atoms with E-state index in [0.29, 0.717) is 10.2 Å². The van der Waals surface area contributed by atoms with E-state index >= 15 is 0 Å². The fraction of sp³-hybridized carbons (Fsp3) is 0.333. The summed E-state index contributed by atoms with van der Waals surface area (Å²) in [6.45, 7) is 1.56. The van der Waals surface area contributed by atoms with Gasteiger partial charge >= 0.3 is 5.69 Å². The fourth-order valence-electron chi connectivity index (χ4n) is 0.333. The Balaban J connectivity index is 3.41. The third-order valence-corrected chi connectivity index (χ3v) is 0.900. The Labute approximate surface area is 44.6 Å². The van der Waals surface area contributed by atoms with E-state index in [-0.39, 0.29) is 5.88 Å². The molecule has 0 saturated heterocycles. The highest BCUT2D eigenvalue weighted by atomic mass is 16.5. The lowest BCUT2D eigenvalue weighted by Gasteiger charge is -1.67. The molecule has 5 heteroatoms. The number of anilines is 1. The van der Waals surface area contributed by atoms with Crippen molar-refractivity contribution in [3.05, 3.63) is 10.6 Å². The minimum absolute atomic E-state index is 0.125. The maximum absolute atomic E-state index is 10.3. The minimum Gasteiger partial charge on any atom is -0.362 e. The van der Waals surface area contributed by atoms with Gasteiger partial charge in [0.1, 0.15) is 0 Å². The summed E-state index contributed by atoms with van der Waals surface area (Å²) < 4.78 is 4.85. The van der Waals surface area contributed by atoms with Gasteiger partial charge in [0, 0.05) is 12.2 Å². The van der Waals surface area contributed by atoms with Crippen LogP contribution in [0.15, 0.2) is 4.52 Å². The van der Waals surface area contributed by atoms with Crippen LogP contribution in [0.3, 0.4) is 0 Å². The van der Waals surface area contributed by atoms with E-state index in [0.717, 1.165) is 0 Å². The third-order valence-electron chi connectivity index (χ3n) is 0.900. The van der Waals surface area contributed by atoms with Gasteiger partial charge in [-0.15, -0.1) is 0 Å². The SMILES string of the molecule is Cc1c(N)o[nH][n+]1=O. The van der Waals surface area contributed by atoms with E-state index in [2.05, 4.69) is 4.52 Å². The lowest BCUT2D eigenvalue weighted by molar-refractivity contribution is -0.583. The van der Waals surface area contributed by atoms with E-state index in [4.69, 9.17) is 5.73 Å². The minimum atomic E-state index is 0.125. The molecule has 1 aromatic rings. The zero-order valence-electron chi connectivity index (χ0n) is 4.34. The molecular weight excluding hydrogens is 110 g/mol. The molecule has 44 valence electrons. The molecule has 0 spiro atoms. The number of H-pyrrole nitrogens is 1. The first-order chi connectivity index (χ1) is 3.72. The van der Waals surface area contributed by atoms with Crippen LogP contribution in [0.1, 0.15) is 5.69 Å². The first-order valence-electron chi connectivity index (χ1n) is 2.08. The highest BCUT2D eigenvalue weighted by molar-refractivity contribution is 5.22. The molecule has 0 unspecified atom stereocenters. The quantitative estimate of drug-likeness (QED) is 0.445. The van der Waals surface area contributed by atoms with E-state index < -0.39 is 0 Å². The molecule has 0 aromatic carbocycles. The van der Waals surface area contributed by atoms with Crippen LogP contribution in [-0.4, -0.2) is 5.27 Å². The zero-order valence-corrected chi connectivity index (χ0v) is 4.34. The van der Waals surface area contributed by atoms with E-state index in [1.165, 1.54) is 0 Å². The number of nitrogens with one attached hydrogen (secondary N) is 1. The summed E-state index contributed by atoms with van der Waals surface area (Å²) in [5.74, 6) is 0.125. The van der Waals surface area contributed by atoms with Gasteiger partial charge in [0.05, 0.1) is 4.91 Å². The van der Waals surface area contributed by atoms with Crippen molar-refractivity contribution in [3.8, 4) is 0 Å². The van der Waals surface area contributed by atoms with Gasteiger partial charge in [0.25, 0.3) is 5.88 Å². The Hall–Kier alpha value is -1.26. The number of nitrogen functional groups attached to an aromatic ring is 1. The molecule has 0 aliphatic carbocycles. The molecule has 0 atom stereocenters. The van der Waals surface area contributed by atoms with Crippen LogP contribution < -0.4 is 10.3 Å². The fourth-order valence-corrected chi connectivity index (χ4v) is 0.333. The molecule has 0 saturated carbocycles. The number of aromatic amines is 1. The molecule has 1 aromatic heterocycles. The largest absolute Gasteiger partial charge is 0.362 e. The van der Waals surface area contributed by atoms with Crippen LogP contribution >= 0.6 is 0 Å².